The molecule has 0 fully saturated rings. The molecular formula is C14H14ClNO. The molecule has 2 rings (SSSR count). The van der Waals surface area contributed by atoms with E-state index in [-0.39, 0.29) is 0 Å². The zero-order valence-electron chi connectivity index (χ0n) is 9.40. The fraction of sp³-hybridized carbons (Fsp3) is 0.143. The summed E-state index contributed by atoms with van der Waals surface area (Å²) in [5.41, 5.74) is 7.89. The van der Waals surface area contributed by atoms with Crippen LogP contribution in [0.4, 0.5) is 0 Å². The molecule has 3 heteroatoms. The quantitative estimate of drug-likeness (QED) is 0.899. The van der Waals surface area contributed by atoms with Crippen molar-refractivity contribution in [3.8, 4) is 5.75 Å². The maximum atomic E-state index is 5.80. The molecule has 0 radical (unpaired) electrons. The Morgan fingerprint density at radius 3 is 2.24 bits per heavy atom. The van der Waals surface area contributed by atoms with Crippen LogP contribution < -0.4 is 10.5 Å². The molecule has 0 aliphatic rings. The highest BCUT2D eigenvalue weighted by molar-refractivity contribution is 6.30. The number of halogens is 1. The zero-order valence-corrected chi connectivity index (χ0v) is 10.2. The molecule has 17 heavy (non-hydrogen) atoms. The Morgan fingerprint density at radius 2 is 1.59 bits per heavy atom. The molecule has 2 aromatic rings. The molecule has 2 nitrogen and oxygen atoms in total. The van der Waals surface area contributed by atoms with Gasteiger partial charge in [0.25, 0.3) is 0 Å². The minimum absolute atomic E-state index is 0.523. The molecule has 88 valence electrons. The lowest BCUT2D eigenvalue weighted by atomic mass is 10.1. The minimum atomic E-state index is 0.523. The summed E-state index contributed by atoms with van der Waals surface area (Å²) < 4.78 is 5.68. The topological polar surface area (TPSA) is 35.2 Å². The summed E-state index contributed by atoms with van der Waals surface area (Å²) in [6.07, 6.45) is 0. The van der Waals surface area contributed by atoms with Gasteiger partial charge in [0.15, 0.2) is 0 Å². The number of hydrogen-bond donors (Lipinski definition) is 1. The van der Waals surface area contributed by atoms with Gasteiger partial charge in [0.05, 0.1) is 0 Å². The minimum Gasteiger partial charge on any atom is -0.489 e. The van der Waals surface area contributed by atoms with Crippen LogP contribution in [0.25, 0.3) is 0 Å². The Kier molecular flexibility index (Phi) is 4.02. The van der Waals surface area contributed by atoms with Gasteiger partial charge in [-0.05, 0) is 35.4 Å². The van der Waals surface area contributed by atoms with E-state index >= 15 is 0 Å². The summed E-state index contributed by atoms with van der Waals surface area (Å²) in [4.78, 5) is 0. The number of rotatable bonds is 4. The van der Waals surface area contributed by atoms with Gasteiger partial charge < -0.3 is 10.5 Å². The van der Waals surface area contributed by atoms with Crippen molar-refractivity contribution < 1.29 is 4.74 Å². The van der Waals surface area contributed by atoms with Crippen LogP contribution >= 0.6 is 11.6 Å². The van der Waals surface area contributed by atoms with Crippen LogP contribution in [0.5, 0.6) is 5.75 Å². The summed E-state index contributed by atoms with van der Waals surface area (Å²) in [7, 11) is 0. The Bertz CT molecular complexity index is 482. The van der Waals surface area contributed by atoms with E-state index in [1.165, 1.54) is 0 Å². The van der Waals surface area contributed by atoms with Crippen LogP contribution in [-0.2, 0) is 13.2 Å². The van der Waals surface area contributed by atoms with Crippen molar-refractivity contribution in [2.45, 2.75) is 13.2 Å². The normalized spacial score (nSPS) is 10.2. The van der Waals surface area contributed by atoms with Crippen LogP contribution in [0.3, 0.4) is 0 Å². The second kappa shape index (κ2) is 5.71. The lowest BCUT2D eigenvalue weighted by Crippen LogP contribution is -2.04. The SMILES string of the molecule is NCc1ccccc1COc1ccc(Cl)cc1. The van der Waals surface area contributed by atoms with E-state index in [9.17, 15) is 0 Å². The molecule has 0 heterocycles. The van der Waals surface area contributed by atoms with Gasteiger partial charge in [0.2, 0.25) is 0 Å². The monoisotopic (exact) mass is 247 g/mol. The zero-order chi connectivity index (χ0) is 12.1. The van der Waals surface area contributed by atoms with Crippen molar-refractivity contribution in [1.29, 1.82) is 0 Å². The molecule has 0 aliphatic carbocycles. The molecule has 0 spiro atoms. The molecule has 0 amide bonds. The van der Waals surface area contributed by atoms with Crippen LogP contribution in [0.15, 0.2) is 48.5 Å². The fourth-order valence-electron chi connectivity index (χ4n) is 1.59. The summed E-state index contributed by atoms with van der Waals surface area (Å²) in [5, 5.41) is 0.708. The number of ether oxygens (including phenoxy) is 1. The summed E-state index contributed by atoms with van der Waals surface area (Å²) >= 11 is 5.80. The predicted octanol–water partition coefficient (Wildman–Crippen LogP) is 3.38. The van der Waals surface area contributed by atoms with E-state index in [0.29, 0.717) is 18.2 Å². The van der Waals surface area contributed by atoms with Crippen molar-refractivity contribution >= 4 is 11.6 Å². The molecular weight excluding hydrogens is 234 g/mol. The number of benzene rings is 2. The lowest BCUT2D eigenvalue weighted by Gasteiger charge is -2.09. The summed E-state index contributed by atoms with van der Waals surface area (Å²) in [6.45, 7) is 1.05. The first-order valence-electron chi connectivity index (χ1n) is 5.45. The lowest BCUT2D eigenvalue weighted by molar-refractivity contribution is 0.305. The largest absolute Gasteiger partial charge is 0.489 e. The maximum absolute atomic E-state index is 5.80. The Morgan fingerprint density at radius 1 is 0.941 bits per heavy atom. The van der Waals surface area contributed by atoms with Gasteiger partial charge in [-0.2, -0.15) is 0 Å². The van der Waals surface area contributed by atoms with Crippen LogP contribution in [0.1, 0.15) is 11.1 Å². The Labute approximate surface area is 106 Å². The van der Waals surface area contributed by atoms with E-state index in [0.717, 1.165) is 16.9 Å². The molecule has 0 atom stereocenters. The highest BCUT2D eigenvalue weighted by Crippen LogP contribution is 2.17. The van der Waals surface area contributed by atoms with Gasteiger partial charge in [0.1, 0.15) is 12.4 Å². The molecule has 0 aromatic heterocycles. The first-order valence-corrected chi connectivity index (χ1v) is 5.82. The van der Waals surface area contributed by atoms with Crippen LogP contribution in [-0.4, -0.2) is 0 Å². The van der Waals surface area contributed by atoms with Gasteiger partial charge in [-0.15, -0.1) is 0 Å². The number of hydrogen-bond acceptors (Lipinski definition) is 2. The van der Waals surface area contributed by atoms with Crippen LogP contribution in [0, 0.1) is 0 Å². The van der Waals surface area contributed by atoms with E-state index < -0.39 is 0 Å². The molecule has 0 aliphatic heterocycles. The van der Waals surface area contributed by atoms with Crippen molar-refractivity contribution in [3.63, 3.8) is 0 Å². The van der Waals surface area contributed by atoms with Crippen molar-refractivity contribution in [1.82, 2.24) is 0 Å². The Balaban J connectivity index is 2.04. The first kappa shape index (κ1) is 12.0. The third-order valence-electron chi connectivity index (χ3n) is 2.55. The maximum Gasteiger partial charge on any atom is 0.119 e. The smallest absolute Gasteiger partial charge is 0.119 e. The number of nitrogens with two attached hydrogens (primary N) is 1. The average Bonchev–Trinajstić information content (AvgIpc) is 2.38. The standard InChI is InChI=1S/C14H14ClNO/c15-13-5-7-14(8-6-13)17-10-12-4-2-1-3-11(12)9-16/h1-8H,9-10,16H2. The van der Waals surface area contributed by atoms with Gasteiger partial charge in [-0.3, -0.25) is 0 Å². The molecule has 0 saturated carbocycles. The highest BCUT2D eigenvalue weighted by Gasteiger charge is 2.01. The molecule has 0 unspecified atom stereocenters. The van der Waals surface area contributed by atoms with Crippen molar-refractivity contribution in [3.05, 3.63) is 64.7 Å². The second-order valence-corrected chi connectivity index (χ2v) is 4.15. The average molecular weight is 248 g/mol. The first-order chi connectivity index (χ1) is 8.29. The fourth-order valence-corrected chi connectivity index (χ4v) is 1.72. The van der Waals surface area contributed by atoms with Gasteiger partial charge in [0, 0.05) is 11.6 Å². The van der Waals surface area contributed by atoms with E-state index in [2.05, 4.69) is 0 Å². The molecule has 2 aromatic carbocycles. The van der Waals surface area contributed by atoms with Crippen LogP contribution in [0.2, 0.25) is 5.02 Å². The van der Waals surface area contributed by atoms with Crippen molar-refractivity contribution in [2.75, 3.05) is 0 Å². The summed E-state index contributed by atoms with van der Waals surface area (Å²) in [5.74, 6) is 0.807. The highest BCUT2D eigenvalue weighted by atomic mass is 35.5. The van der Waals surface area contributed by atoms with Crippen molar-refractivity contribution in [2.24, 2.45) is 5.73 Å². The Hall–Kier alpha value is -1.51. The van der Waals surface area contributed by atoms with E-state index in [4.69, 9.17) is 22.1 Å². The van der Waals surface area contributed by atoms with Gasteiger partial charge in [-0.25, -0.2) is 0 Å². The molecule has 2 N–H and O–H groups in total. The third kappa shape index (κ3) is 3.22. The molecule has 0 saturated heterocycles. The van der Waals surface area contributed by atoms with Gasteiger partial charge >= 0.3 is 0 Å². The predicted molar refractivity (Wildman–Crippen MR) is 70.1 cm³/mol. The third-order valence-corrected chi connectivity index (χ3v) is 2.80. The van der Waals surface area contributed by atoms with Gasteiger partial charge in [-0.1, -0.05) is 35.9 Å². The summed E-state index contributed by atoms with van der Waals surface area (Å²) in [6, 6.07) is 15.3. The second-order valence-electron chi connectivity index (χ2n) is 3.72. The molecule has 0 bridgehead atoms. The van der Waals surface area contributed by atoms with E-state index in [1.807, 2.05) is 48.5 Å². The van der Waals surface area contributed by atoms with E-state index in [1.54, 1.807) is 0 Å².